The standard InChI is InChI=1S/C32H45N3O7.CH5P/c1-20(21(2)36)9-6-8-16-33-27(38)10-5-4-7-17-34-42-31(39)40-26-14-11-22-19-24-23-12-13-25(37)30-32(23,15-18-35(24)3)28(22)29(26)41-30;1-2/h11,14,19-20,23,25,30,34,37H,4-10,12-13,15-18H2,1-3H3,(H,33,38);2H2,1H3. The van der Waals surface area contributed by atoms with Gasteiger partial charge in [0, 0.05) is 61.6 Å². The summed E-state index contributed by atoms with van der Waals surface area (Å²) in [5, 5.41) is 13.9. The van der Waals surface area contributed by atoms with Crippen molar-refractivity contribution in [3.63, 3.8) is 0 Å². The molecule has 1 aromatic carbocycles. The van der Waals surface area contributed by atoms with Gasteiger partial charge in [-0.05, 0) is 69.6 Å². The fourth-order valence-corrected chi connectivity index (χ4v) is 7.24. The van der Waals surface area contributed by atoms with Crippen LogP contribution in [0.25, 0.3) is 6.08 Å². The lowest BCUT2D eigenvalue weighted by atomic mass is 9.54. The molecule has 44 heavy (non-hydrogen) atoms. The molecule has 1 saturated carbocycles. The average Bonchev–Trinajstić information content (AvgIpc) is 3.37. The number of allylic oxidation sites excluding steroid dienone is 1. The lowest BCUT2D eigenvalue weighted by Gasteiger charge is -2.55. The van der Waals surface area contributed by atoms with Crippen LogP contribution < -0.4 is 20.3 Å². The molecular weight excluding hydrogens is 581 g/mol. The number of aliphatic hydroxyl groups is 1. The van der Waals surface area contributed by atoms with Crippen molar-refractivity contribution in [3.05, 3.63) is 29.0 Å². The highest BCUT2D eigenvalue weighted by molar-refractivity contribution is 7.15. The molecular formula is C33H50N3O7P. The topological polar surface area (TPSA) is 126 Å². The Hall–Kier alpha value is -2.68. The number of unbranched alkanes of at least 4 members (excludes halogenated alkanes) is 3. The minimum absolute atomic E-state index is 0.0352. The van der Waals surface area contributed by atoms with Crippen LogP contribution in [0, 0.1) is 11.8 Å². The van der Waals surface area contributed by atoms with Crippen LogP contribution in [0.4, 0.5) is 4.79 Å². The summed E-state index contributed by atoms with van der Waals surface area (Å²) in [6, 6.07) is 3.70. The Morgan fingerprint density at radius 2 is 1.91 bits per heavy atom. The predicted molar refractivity (Wildman–Crippen MR) is 172 cm³/mol. The zero-order valence-corrected chi connectivity index (χ0v) is 27.8. The van der Waals surface area contributed by atoms with Gasteiger partial charge in [-0.25, -0.2) is 4.79 Å². The van der Waals surface area contributed by atoms with Crippen molar-refractivity contribution in [1.82, 2.24) is 15.7 Å². The lowest BCUT2D eigenvalue weighted by Crippen LogP contribution is -2.60. The van der Waals surface area contributed by atoms with Crippen LogP contribution in [0.15, 0.2) is 17.8 Å². The number of likely N-dealkylation sites (tertiary alicyclic amines) is 1. The van der Waals surface area contributed by atoms with Crippen molar-refractivity contribution in [2.24, 2.45) is 11.8 Å². The maximum atomic E-state index is 12.5. The quantitative estimate of drug-likeness (QED) is 0.0879. The number of hydrogen-bond acceptors (Lipinski definition) is 9. The molecule has 5 rings (SSSR count). The molecule has 1 amide bonds. The van der Waals surface area contributed by atoms with E-state index in [4.69, 9.17) is 14.3 Å². The van der Waals surface area contributed by atoms with Gasteiger partial charge in [0.2, 0.25) is 5.91 Å². The molecule has 2 bridgehead atoms. The Bertz CT molecular complexity index is 1220. The average molecular weight is 632 g/mol. The van der Waals surface area contributed by atoms with Crippen molar-refractivity contribution >= 4 is 33.2 Å². The molecule has 1 spiro atoms. The van der Waals surface area contributed by atoms with Crippen molar-refractivity contribution in [2.75, 3.05) is 33.3 Å². The van der Waals surface area contributed by atoms with Crippen LogP contribution in [0.5, 0.6) is 11.5 Å². The predicted octanol–water partition coefficient (Wildman–Crippen LogP) is 4.73. The van der Waals surface area contributed by atoms with Crippen molar-refractivity contribution in [2.45, 2.75) is 95.7 Å². The summed E-state index contributed by atoms with van der Waals surface area (Å²) >= 11 is 0. The zero-order valence-electron chi connectivity index (χ0n) is 26.7. The zero-order chi connectivity index (χ0) is 31.9. The number of aliphatic hydroxyl groups excluding tert-OH is 1. The summed E-state index contributed by atoms with van der Waals surface area (Å²) in [5.41, 5.74) is 5.77. The monoisotopic (exact) mass is 631 g/mol. The minimum Gasteiger partial charge on any atom is -0.482 e. The molecule has 6 unspecified atom stereocenters. The molecule has 2 heterocycles. The van der Waals surface area contributed by atoms with Crippen LogP contribution in [0.1, 0.15) is 89.2 Å². The number of nitrogens with one attached hydrogen (secondary N) is 2. The van der Waals surface area contributed by atoms with E-state index in [9.17, 15) is 19.5 Å². The van der Waals surface area contributed by atoms with Gasteiger partial charge in [0.1, 0.15) is 11.9 Å². The van der Waals surface area contributed by atoms with Crippen LogP contribution in [-0.2, 0) is 19.8 Å². The number of amides is 1. The highest BCUT2D eigenvalue weighted by Crippen LogP contribution is 2.64. The molecule has 2 aliphatic carbocycles. The van der Waals surface area contributed by atoms with Gasteiger partial charge in [-0.2, -0.15) is 0 Å². The smallest absolute Gasteiger partial charge is 0.482 e. The van der Waals surface area contributed by atoms with E-state index in [1.54, 1.807) is 13.0 Å². The van der Waals surface area contributed by atoms with E-state index in [-0.39, 0.29) is 35.0 Å². The second-order valence-corrected chi connectivity index (χ2v) is 12.4. The van der Waals surface area contributed by atoms with E-state index in [0.29, 0.717) is 37.4 Å². The first kappa shape index (κ1) is 34.2. The van der Waals surface area contributed by atoms with Gasteiger partial charge in [-0.1, -0.05) is 32.5 Å². The summed E-state index contributed by atoms with van der Waals surface area (Å²) in [6.45, 7) is 7.44. The Kier molecular flexibility index (Phi) is 12.1. The highest BCUT2D eigenvalue weighted by atomic mass is 31.0. The van der Waals surface area contributed by atoms with E-state index in [1.165, 1.54) is 5.70 Å². The van der Waals surface area contributed by atoms with Crippen molar-refractivity contribution in [3.8, 4) is 11.5 Å². The third-order valence-corrected chi connectivity index (χ3v) is 9.67. The molecule has 244 valence electrons. The number of ether oxygens (including phenoxy) is 2. The van der Waals surface area contributed by atoms with Gasteiger partial charge in [-0.3, -0.25) is 9.59 Å². The molecule has 0 radical (unpaired) electrons. The molecule has 2 aliphatic heterocycles. The fraction of sp³-hybridized carbons (Fsp3) is 0.667. The number of benzene rings is 1. The maximum Gasteiger partial charge on any atom is 0.533 e. The van der Waals surface area contributed by atoms with Gasteiger partial charge in [0.05, 0.1) is 6.10 Å². The fourth-order valence-electron chi connectivity index (χ4n) is 7.24. The molecule has 1 saturated heterocycles. The number of hydroxylamine groups is 1. The Labute approximate surface area is 263 Å². The Morgan fingerprint density at radius 1 is 1.14 bits per heavy atom. The van der Waals surface area contributed by atoms with E-state index in [2.05, 4.69) is 38.1 Å². The van der Waals surface area contributed by atoms with Gasteiger partial charge in [0.15, 0.2) is 11.5 Å². The number of nitrogens with zero attached hydrogens (tertiary/aromatic N) is 1. The van der Waals surface area contributed by atoms with Crippen LogP contribution in [0.3, 0.4) is 0 Å². The first-order valence-electron chi connectivity index (χ1n) is 16.1. The minimum atomic E-state index is -0.869. The van der Waals surface area contributed by atoms with E-state index >= 15 is 0 Å². The van der Waals surface area contributed by atoms with Gasteiger partial charge in [0.25, 0.3) is 0 Å². The first-order chi connectivity index (χ1) is 21.2. The summed E-state index contributed by atoms with van der Waals surface area (Å²) in [6.07, 6.45) is 8.31. The van der Waals surface area contributed by atoms with Gasteiger partial charge < -0.3 is 29.6 Å². The summed E-state index contributed by atoms with van der Waals surface area (Å²) in [4.78, 5) is 43.2. The Balaban J connectivity index is 0.00000216. The SMILES string of the molecule is CC(=O)C(C)CCCCNC(=O)CCCCCNOC(=O)Oc1ccc2c3c1OC1C(O)CCC4C(=C2)N(C)CCC341.CP. The maximum absolute atomic E-state index is 12.5. The number of Topliss-reactive ketones (excluding diaryl/α,β-unsaturated/α-hetero) is 1. The third-order valence-electron chi connectivity index (χ3n) is 9.67. The summed E-state index contributed by atoms with van der Waals surface area (Å²) < 4.78 is 12.0. The molecule has 10 nitrogen and oxygen atoms in total. The number of hydrogen-bond donors (Lipinski definition) is 3. The number of ketones is 1. The molecule has 3 N–H and O–H groups in total. The summed E-state index contributed by atoms with van der Waals surface area (Å²) in [7, 11) is 4.54. The number of carbonyl (C=O) groups excluding carboxylic acids is 3. The summed E-state index contributed by atoms with van der Waals surface area (Å²) in [5.74, 6) is 1.47. The third kappa shape index (κ3) is 7.24. The largest absolute Gasteiger partial charge is 0.533 e. The first-order valence-corrected chi connectivity index (χ1v) is 17.3. The molecule has 4 aliphatic rings. The van der Waals surface area contributed by atoms with Crippen LogP contribution in [0.2, 0.25) is 0 Å². The molecule has 11 heteroatoms. The van der Waals surface area contributed by atoms with Gasteiger partial charge >= 0.3 is 6.16 Å². The van der Waals surface area contributed by atoms with Crippen molar-refractivity contribution < 1.29 is 33.8 Å². The van der Waals surface area contributed by atoms with E-state index in [1.807, 2.05) is 19.7 Å². The number of carbonyl (C=O) groups is 3. The molecule has 6 atom stereocenters. The van der Waals surface area contributed by atoms with Crippen LogP contribution in [-0.4, -0.2) is 73.4 Å². The lowest BCUT2D eigenvalue weighted by molar-refractivity contribution is -0.122. The van der Waals surface area contributed by atoms with E-state index < -0.39 is 12.3 Å². The van der Waals surface area contributed by atoms with E-state index in [0.717, 1.165) is 69.0 Å². The normalized spacial score (nSPS) is 24.5. The Morgan fingerprint density at radius 3 is 2.68 bits per heavy atom. The number of rotatable bonds is 14. The highest BCUT2D eigenvalue weighted by Gasteiger charge is 2.63. The van der Waals surface area contributed by atoms with Crippen LogP contribution >= 0.6 is 9.24 Å². The van der Waals surface area contributed by atoms with Gasteiger partial charge in [-0.15, -0.1) is 14.7 Å². The molecule has 2 fully saturated rings. The second-order valence-electron chi connectivity index (χ2n) is 12.4. The second kappa shape index (κ2) is 15.5. The molecule has 1 aromatic rings. The molecule has 0 aromatic heterocycles. The van der Waals surface area contributed by atoms with Crippen molar-refractivity contribution in [1.29, 1.82) is 0 Å². The number of piperidine rings is 1.